The van der Waals surface area contributed by atoms with Crippen molar-refractivity contribution >= 4 is 11.9 Å². The van der Waals surface area contributed by atoms with E-state index < -0.39 is 36.7 Å². The zero-order valence-electron chi connectivity index (χ0n) is 7.67. The molecular weight excluding hydrogens is 192 g/mol. The summed E-state index contributed by atoms with van der Waals surface area (Å²) in [5.74, 6) is -2.18. The van der Waals surface area contributed by atoms with Gasteiger partial charge < -0.3 is 26.4 Å². The number of hydrogen-bond donors (Lipinski definition) is 5. The average Bonchev–Trinajstić information content (AvgIpc) is 2.11. The van der Waals surface area contributed by atoms with Crippen molar-refractivity contribution < 1.29 is 24.9 Å². The van der Waals surface area contributed by atoms with E-state index in [-0.39, 0.29) is 0 Å². The molecule has 0 aromatic heterocycles. The number of nitrogens with two attached hydrogens (primary N) is 1. The van der Waals surface area contributed by atoms with Gasteiger partial charge in [-0.25, -0.2) is 4.79 Å². The molecule has 0 bridgehead atoms. The number of carboxylic acids is 1. The van der Waals surface area contributed by atoms with Gasteiger partial charge in [-0.1, -0.05) is 0 Å². The Bertz CT molecular complexity index is 218. The molecule has 0 aromatic rings. The zero-order valence-corrected chi connectivity index (χ0v) is 7.67. The van der Waals surface area contributed by atoms with Crippen molar-refractivity contribution in [3.63, 3.8) is 0 Å². The van der Waals surface area contributed by atoms with Crippen LogP contribution in [0.4, 0.5) is 0 Å². The highest BCUT2D eigenvalue weighted by molar-refractivity contribution is 5.87. The van der Waals surface area contributed by atoms with Gasteiger partial charge in [0.05, 0.1) is 12.7 Å². The molecule has 0 heterocycles. The molecule has 6 N–H and O–H groups in total. The molecule has 0 saturated heterocycles. The Morgan fingerprint density at radius 1 is 1.50 bits per heavy atom. The predicted molar refractivity (Wildman–Crippen MR) is 46.3 cm³/mol. The molecule has 0 aliphatic heterocycles. The first-order valence-corrected chi connectivity index (χ1v) is 3.97. The summed E-state index contributed by atoms with van der Waals surface area (Å²) in [6.07, 6.45) is -1.23. The van der Waals surface area contributed by atoms with Crippen molar-refractivity contribution in [2.75, 3.05) is 6.61 Å². The molecule has 3 atom stereocenters. The first-order chi connectivity index (χ1) is 6.40. The standard InChI is InChI=1S/C7H14N2O5/c1-3(11)5(7(13)14)9-6(12)4(8)2-10/h3-5,10-11H,2,8H2,1H3,(H,9,12)(H,13,14)/t3-,4-,5+/m1/s1. The molecular formula is C7H14N2O5. The van der Waals surface area contributed by atoms with Crippen LogP contribution < -0.4 is 11.1 Å². The third-order valence-electron chi connectivity index (χ3n) is 1.58. The Hall–Kier alpha value is -1.18. The first kappa shape index (κ1) is 12.8. The lowest BCUT2D eigenvalue weighted by Gasteiger charge is -2.18. The maximum atomic E-state index is 11.0. The number of carbonyl (C=O) groups is 2. The van der Waals surface area contributed by atoms with Gasteiger partial charge in [-0.05, 0) is 6.92 Å². The number of aliphatic hydroxyl groups excluding tert-OH is 2. The molecule has 0 aliphatic carbocycles. The third-order valence-corrected chi connectivity index (χ3v) is 1.58. The number of aliphatic hydroxyl groups is 2. The number of amides is 1. The summed E-state index contributed by atoms with van der Waals surface area (Å²) in [6.45, 7) is 0.640. The number of rotatable bonds is 5. The van der Waals surface area contributed by atoms with Crippen LogP contribution in [0.15, 0.2) is 0 Å². The molecule has 0 rings (SSSR count). The van der Waals surface area contributed by atoms with E-state index in [1.165, 1.54) is 6.92 Å². The van der Waals surface area contributed by atoms with Crippen LogP contribution >= 0.6 is 0 Å². The van der Waals surface area contributed by atoms with Gasteiger partial charge in [0.1, 0.15) is 6.04 Å². The normalized spacial score (nSPS) is 16.9. The number of carboxylic acid groups (broad SMARTS) is 1. The second-order valence-electron chi connectivity index (χ2n) is 2.85. The Morgan fingerprint density at radius 3 is 2.29 bits per heavy atom. The van der Waals surface area contributed by atoms with Crippen LogP contribution in [0.1, 0.15) is 6.92 Å². The minimum atomic E-state index is -1.42. The Morgan fingerprint density at radius 2 is 2.00 bits per heavy atom. The average molecular weight is 206 g/mol. The van der Waals surface area contributed by atoms with Crippen LogP contribution in [0, 0.1) is 0 Å². The highest BCUT2D eigenvalue weighted by atomic mass is 16.4. The van der Waals surface area contributed by atoms with Gasteiger partial charge in [-0.15, -0.1) is 0 Å². The number of aliphatic carboxylic acids is 1. The van der Waals surface area contributed by atoms with Crippen LogP contribution in [0.5, 0.6) is 0 Å². The van der Waals surface area contributed by atoms with Gasteiger partial charge in [-0.2, -0.15) is 0 Å². The minimum Gasteiger partial charge on any atom is -0.480 e. The second-order valence-corrected chi connectivity index (χ2v) is 2.85. The molecule has 0 aliphatic rings. The van der Waals surface area contributed by atoms with E-state index >= 15 is 0 Å². The lowest BCUT2D eigenvalue weighted by Crippen LogP contribution is -2.53. The first-order valence-electron chi connectivity index (χ1n) is 3.97. The summed E-state index contributed by atoms with van der Waals surface area (Å²) in [4.78, 5) is 21.5. The van der Waals surface area contributed by atoms with Gasteiger partial charge >= 0.3 is 5.97 Å². The van der Waals surface area contributed by atoms with E-state index in [1.807, 2.05) is 5.32 Å². The number of nitrogens with one attached hydrogen (secondary N) is 1. The molecule has 1 amide bonds. The van der Waals surface area contributed by atoms with Gasteiger partial charge in [0.2, 0.25) is 5.91 Å². The molecule has 7 nitrogen and oxygen atoms in total. The molecule has 7 heteroatoms. The van der Waals surface area contributed by atoms with E-state index in [0.29, 0.717) is 0 Å². The van der Waals surface area contributed by atoms with Crippen molar-refractivity contribution in [2.45, 2.75) is 25.1 Å². The highest BCUT2D eigenvalue weighted by Gasteiger charge is 2.26. The lowest BCUT2D eigenvalue weighted by atomic mass is 10.1. The van der Waals surface area contributed by atoms with Crippen LogP contribution in [0.2, 0.25) is 0 Å². The van der Waals surface area contributed by atoms with Crippen molar-refractivity contribution in [3.05, 3.63) is 0 Å². The Labute approximate surface area is 80.5 Å². The monoisotopic (exact) mass is 206 g/mol. The van der Waals surface area contributed by atoms with Gasteiger partial charge in [-0.3, -0.25) is 4.79 Å². The molecule has 0 aromatic carbocycles. The fraction of sp³-hybridized carbons (Fsp3) is 0.714. The topological polar surface area (TPSA) is 133 Å². The predicted octanol–water partition coefficient (Wildman–Crippen LogP) is -2.74. The fourth-order valence-corrected chi connectivity index (χ4v) is 0.732. The van der Waals surface area contributed by atoms with E-state index in [0.717, 1.165) is 0 Å². The SMILES string of the molecule is C[C@@H](O)[C@H](NC(=O)[C@H](N)CO)C(=O)O. The maximum absolute atomic E-state index is 11.0. The molecule has 0 saturated carbocycles. The summed E-state index contributed by atoms with van der Waals surface area (Å²) in [6, 6.07) is -2.60. The summed E-state index contributed by atoms with van der Waals surface area (Å²) in [5, 5.41) is 28.0. The Balaban J connectivity index is 4.31. The summed E-state index contributed by atoms with van der Waals surface area (Å²) < 4.78 is 0. The van der Waals surface area contributed by atoms with Crippen LogP contribution in [0.3, 0.4) is 0 Å². The van der Waals surface area contributed by atoms with Crippen molar-refractivity contribution in [2.24, 2.45) is 5.73 Å². The number of hydrogen-bond acceptors (Lipinski definition) is 5. The molecule has 0 radical (unpaired) electrons. The van der Waals surface area contributed by atoms with Crippen LogP contribution in [-0.2, 0) is 9.59 Å². The maximum Gasteiger partial charge on any atom is 0.328 e. The van der Waals surface area contributed by atoms with Crippen molar-refractivity contribution in [3.8, 4) is 0 Å². The Kier molecular flexibility index (Phi) is 5.06. The van der Waals surface area contributed by atoms with Crippen molar-refractivity contribution in [1.82, 2.24) is 5.32 Å². The highest BCUT2D eigenvalue weighted by Crippen LogP contribution is 1.93. The van der Waals surface area contributed by atoms with Gasteiger partial charge in [0, 0.05) is 0 Å². The summed E-state index contributed by atoms with van der Waals surface area (Å²) in [5.41, 5.74) is 5.13. The van der Waals surface area contributed by atoms with E-state index in [9.17, 15) is 9.59 Å². The lowest BCUT2D eigenvalue weighted by molar-refractivity contribution is -0.145. The second kappa shape index (κ2) is 5.53. The molecule has 14 heavy (non-hydrogen) atoms. The van der Waals surface area contributed by atoms with Crippen LogP contribution in [-0.4, -0.2) is 52.0 Å². The molecule has 0 fully saturated rings. The van der Waals surface area contributed by atoms with E-state index in [2.05, 4.69) is 0 Å². The molecule has 82 valence electrons. The smallest absolute Gasteiger partial charge is 0.328 e. The molecule has 0 unspecified atom stereocenters. The summed E-state index contributed by atoms with van der Waals surface area (Å²) >= 11 is 0. The van der Waals surface area contributed by atoms with E-state index in [4.69, 9.17) is 21.1 Å². The number of carbonyl (C=O) groups excluding carboxylic acids is 1. The van der Waals surface area contributed by atoms with E-state index in [1.54, 1.807) is 0 Å². The van der Waals surface area contributed by atoms with Crippen LogP contribution in [0.25, 0.3) is 0 Å². The van der Waals surface area contributed by atoms with Gasteiger partial charge in [0.25, 0.3) is 0 Å². The fourth-order valence-electron chi connectivity index (χ4n) is 0.732. The largest absolute Gasteiger partial charge is 0.480 e. The van der Waals surface area contributed by atoms with Gasteiger partial charge in [0.15, 0.2) is 6.04 Å². The third kappa shape index (κ3) is 3.69. The van der Waals surface area contributed by atoms with Crippen molar-refractivity contribution in [1.29, 1.82) is 0 Å². The molecule has 0 spiro atoms. The minimum absolute atomic E-state index is 0.585. The quantitative estimate of drug-likeness (QED) is 0.331. The summed E-state index contributed by atoms with van der Waals surface area (Å²) in [7, 11) is 0. The zero-order chi connectivity index (χ0) is 11.3.